The summed E-state index contributed by atoms with van der Waals surface area (Å²) < 4.78 is 27.1. The lowest BCUT2D eigenvalue weighted by atomic mass is 10.3. The van der Waals surface area contributed by atoms with Gasteiger partial charge in [-0.25, -0.2) is 8.42 Å². The summed E-state index contributed by atoms with van der Waals surface area (Å²) in [5.41, 5.74) is 0.0459. The average molecular weight is 355 g/mol. The standard InChI is InChI=1S/C15H15ClN2O4S/c1-11(2)17(12-6-4-3-5-7-12)23(21,22)13-8-9-14(16)15(10-13)18(19)20/h3-11H,1-2H3. The van der Waals surface area contributed by atoms with Crippen LogP contribution in [0.15, 0.2) is 53.4 Å². The molecule has 0 fully saturated rings. The second kappa shape index (κ2) is 6.55. The lowest BCUT2D eigenvalue weighted by molar-refractivity contribution is -0.384. The van der Waals surface area contributed by atoms with Gasteiger partial charge >= 0.3 is 0 Å². The minimum absolute atomic E-state index is 0.107. The van der Waals surface area contributed by atoms with Crippen LogP contribution in [0.2, 0.25) is 5.02 Å². The maximum absolute atomic E-state index is 12.9. The average Bonchev–Trinajstić information content (AvgIpc) is 2.47. The number of halogens is 1. The summed E-state index contributed by atoms with van der Waals surface area (Å²) in [5.74, 6) is 0. The first-order valence-corrected chi connectivity index (χ1v) is 8.60. The van der Waals surface area contributed by atoms with E-state index in [1.165, 1.54) is 16.4 Å². The molecule has 0 aromatic heterocycles. The van der Waals surface area contributed by atoms with Gasteiger partial charge in [-0.1, -0.05) is 29.8 Å². The van der Waals surface area contributed by atoms with Crippen LogP contribution < -0.4 is 4.31 Å². The van der Waals surface area contributed by atoms with E-state index in [-0.39, 0.29) is 16.0 Å². The van der Waals surface area contributed by atoms with Gasteiger partial charge in [0.15, 0.2) is 0 Å². The van der Waals surface area contributed by atoms with Crippen molar-refractivity contribution < 1.29 is 13.3 Å². The van der Waals surface area contributed by atoms with Crippen molar-refractivity contribution in [1.82, 2.24) is 0 Å². The van der Waals surface area contributed by atoms with Crippen LogP contribution in [0.1, 0.15) is 13.8 Å². The summed E-state index contributed by atoms with van der Waals surface area (Å²) in [6.45, 7) is 3.46. The quantitative estimate of drug-likeness (QED) is 0.603. The number of anilines is 1. The largest absolute Gasteiger partial charge is 0.289 e. The molecule has 0 bridgehead atoms. The molecule has 0 radical (unpaired) electrons. The van der Waals surface area contributed by atoms with Gasteiger partial charge in [0.25, 0.3) is 15.7 Å². The highest BCUT2D eigenvalue weighted by Crippen LogP contribution is 2.31. The summed E-state index contributed by atoms with van der Waals surface area (Å²) >= 11 is 5.75. The second-order valence-corrected chi connectivity index (χ2v) is 7.32. The van der Waals surface area contributed by atoms with Gasteiger partial charge in [0.1, 0.15) is 5.02 Å². The summed E-state index contributed by atoms with van der Waals surface area (Å²) in [4.78, 5) is 10.1. The van der Waals surface area contributed by atoms with Crippen molar-refractivity contribution in [3.05, 3.63) is 63.7 Å². The first-order valence-electron chi connectivity index (χ1n) is 6.78. The van der Waals surface area contributed by atoms with Crippen molar-refractivity contribution >= 4 is 33.0 Å². The van der Waals surface area contributed by atoms with Crippen LogP contribution in [0, 0.1) is 10.1 Å². The molecule has 122 valence electrons. The van der Waals surface area contributed by atoms with Gasteiger partial charge in [-0.3, -0.25) is 14.4 Å². The monoisotopic (exact) mass is 354 g/mol. The van der Waals surface area contributed by atoms with Gasteiger partial charge in [0.2, 0.25) is 0 Å². The lowest BCUT2D eigenvalue weighted by Crippen LogP contribution is -2.37. The molecule has 0 spiro atoms. The maximum atomic E-state index is 12.9. The number of para-hydroxylation sites is 1. The Labute approximate surface area is 139 Å². The highest BCUT2D eigenvalue weighted by atomic mass is 35.5. The number of sulfonamides is 1. The number of nitro groups is 1. The van der Waals surface area contributed by atoms with Gasteiger partial charge in [-0.05, 0) is 38.1 Å². The molecule has 2 aromatic carbocycles. The fraction of sp³-hybridized carbons (Fsp3) is 0.200. The van der Waals surface area contributed by atoms with Crippen molar-refractivity contribution in [3.8, 4) is 0 Å². The number of rotatable bonds is 5. The number of nitro benzene ring substituents is 1. The number of hydrogen-bond acceptors (Lipinski definition) is 4. The zero-order chi connectivity index (χ0) is 17.2. The molecule has 0 amide bonds. The molecule has 0 saturated carbocycles. The van der Waals surface area contributed by atoms with E-state index in [2.05, 4.69) is 0 Å². The van der Waals surface area contributed by atoms with Gasteiger partial charge in [0, 0.05) is 12.1 Å². The Balaban J connectivity index is 2.60. The molecule has 0 aliphatic rings. The van der Waals surface area contributed by atoms with Gasteiger partial charge in [-0.2, -0.15) is 0 Å². The van der Waals surface area contributed by atoms with Crippen molar-refractivity contribution in [2.75, 3.05) is 4.31 Å². The smallest absolute Gasteiger partial charge is 0.264 e. The van der Waals surface area contributed by atoms with E-state index in [4.69, 9.17) is 11.6 Å². The molecule has 0 saturated heterocycles. The highest BCUT2D eigenvalue weighted by molar-refractivity contribution is 7.92. The highest BCUT2D eigenvalue weighted by Gasteiger charge is 2.29. The van der Waals surface area contributed by atoms with Crippen molar-refractivity contribution in [2.45, 2.75) is 24.8 Å². The van der Waals surface area contributed by atoms with Gasteiger partial charge in [0.05, 0.1) is 15.5 Å². The van der Waals surface area contributed by atoms with Crippen molar-refractivity contribution in [2.24, 2.45) is 0 Å². The predicted octanol–water partition coefficient (Wildman–Crippen LogP) is 3.85. The SMILES string of the molecule is CC(C)N(c1ccccc1)S(=O)(=O)c1ccc(Cl)c([N+](=O)[O-])c1. The van der Waals surface area contributed by atoms with Crippen LogP contribution in [-0.4, -0.2) is 19.4 Å². The third kappa shape index (κ3) is 3.46. The van der Waals surface area contributed by atoms with E-state index >= 15 is 0 Å². The summed E-state index contributed by atoms with van der Waals surface area (Å²) in [6, 6.07) is 11.7. The van der Waals surface area contributed by atoms with E-state index in [1.54, 1.807) is 44.2 Å². The molecule has 0 N–H and O–H groups in total. The molecule has 2 aromatic rings. The number of nitrogens with zero attached hydrogens (tertiary/aromatic N) is 2. The minimum Gasteiger partial charge on any atom is -0.264 e. The van der Waals surface area contributed by atoms with Crippen LogP contribution in [-0.2, 0) is 10.0 Å². The zero-order valence-corrected chi connectivity index (χ0v) is 14.1. The molecule has 0 unspecified atom stereocenters. The minimum atomic E-state index is -3.96. The van der Waals surface area contributed by atoms with E-state index < -0.39 is 20.6 Å². The van der Waals surface area contributed by atoms with E-state index in [0.29, 0.717) is 5.69 Å². The molecular weight excluding hydrogens is 340 g/mol. The van der Waals surface area contributed by atoms with Crippen LogP contribution in [0.5, 0.6) is 0 Å². The Hall–Kier alpha value is -2.12. The third-order valence-electron chi connectivity index (χ3n) is 3.15. The maximum Gasteiger partial charge on any atom is 0.289 e. The van der Waals surface area contributed by atoms with Crippen LogP contribution in [0.4, 0.5) is 11.4 Å². The molecule has 0 heterocycles. The first kappa shape index (κ1) is 17.2. The molecular formula is C15H15ClN2O4S. The van der Waals surface area contributed by atoms with Gasteiger partial charge < -0.3 is 0 Å². The predicted molar refractivity (Wildman–Crippen MR) is 89.3 cm³/mol. The van der Waals surface area contributed by atoms with E-state index in [1.807, 2.05) is 0 Å². The van der Waals surface area contributed by atoms with Crippen molar-refractivity contribution in [1.29, 1.82) is 0 Å². The summed E-state index contributed by atoms with van der Waals surface area (Å²) in [6.07, 6.45) is 0. The normalized spacial score (nSPS) is 11.5. The second-order valence-electron chi connectivity index (χ2n) is 5.10. The van der Waals surface area contributed by atoms with Gasteiger partial charge in [-0.15, -0.1) is 0 Å². The first-order chi connectivity index (χ1) is 10.7. The summed E-state index contributed by atoms with van der Waals surface area (Å²) in [7, 11) is -3.96. The van der Waals surface area contributed by atoms with Crippen LogP contribution in [0.25, 0.3) is 0 Å². The molecule has 2 rings (SSSR count). The molecule has 0 atom stereocenters. The number of benzene rings is 2. The number of hydrogen-bond donors (Lipinski definition) is 0. The Morgan fingerprint density at radius 2 is 1.74 bits per heavy atom. The Morgan fingerprint density at radius 3 is 2.26 bits per heavy atom. The summed E-state index contributed by atoms with van der Waals surface area (Å²) in [5, 5.41) is 10.9. The molecule has 0 aliphatic heterocycles. The zero-order valence-electron chi connectivity index (χ0n) is 12.5. The van der Waals surface area contributed by atoms with Crippen LogP contribution >= 0.6 is 11.6 Å². The third-order valence-corrected chi connectivity index (χ3v) is 5.47. The topological polar surface area (TPSA) is 80.5 Å². The lowest BCUT2D eigenvalue weighted by Gasteiger charge is -2.28. The fourth-order valence-electron chi connectivity index (χ4n) is 2.20. The molecule has 23 heavy (non-hydrogen) atoms. The van der Waals surface area contributed by atoms with E-state index in [0.717, 1.165) is 6.07 Å². The van der Waals surface area contributed by atoms with Crippen molar-refractivity contribution in [3.63, 3.8) is 0 Å². The molecule has 6 nitrogen and oxygen atoms in total. The Kier molecular flexibility index (Phi) is 4.91. The Morgan fingerprint density at radius 1 is 1.13 bits per heavy atom. The Bertz CT molecular complexity index is 823. The molecule has 8 heteroatoms. The fourth-order valence-corrected chi connectivity index (χ4v) is 4.06. The molecule has 0 aliphatic carbocycles. The van der Waals surface area contributed by atoms with Crippen LogP contribution in [0.3, 0.4) is 0 Å². The van der Waals surface area contributed by atoms with E-state index in [9.17, 15) is 18.5 Å².